The van der Waals surface area contributed by atoms with E-state index in [1.807, 2.05) is 19.1 Å². The highest BCUT2D eigenvalue weighted by molar-refractivity contribution is 9.09. The van der Waals surface area contributed by atoms with Crippen LogP contribution in [0.15, 0.2) is 33.5 Å². The second-order valence-corrected chi connectivity index (χ2v) is 5.29. The zero-order valence-corrected chi connectivity index (χ0v) is 12.7. The lowest BCUT2D eigenvalue weighted by atomic mass is 10.1. The van der Waals surface area contributed by atoms with Crippen LogP contribution < -0.4 is 10.4 Å². The molecule has 1 unspecified atom stereocenters. The third-order valence-electron chi connectivity index (χ3n) is 3.20. The van der Waals surface area contributed by atoms with Crippen LogP contribution in [0, 0.1) is 12.8 Å². The summed E-state index contributed by atoms with van der Waals surface area (Å²) in [6, 6.07) is 7.12. The molecule has 1 aromatic carbocycles. The second kappa shape index (κ2) is 6.24. The molecule has 0 amide bonds. The number of fused-ring (bicyclic) bond motifs is 1. The van der Waals surface area contributed by atoms with Gasteiger partial charge in [0.2, 0.25) is 0 Å². The molecule has 0 aliphatic rings. The standard InChI is InChI=1S/C15H17BrO3/c1-3-11(8-16)9-18-12-4-5-13-10(2)6-15(17)19-14(13)7-12/h4-7,11H,3,8-9H2,1-2H3. The highest BCUT2D eigenvalue weighted by Crippen LogP contribution is 2.23. The van der Waals surface area contributed by atoms with E-state index in [1.54, 1.807) is 6.07 Å². The highest BCUT2D eigenvalue weighted by atomic mass is 79.9. The monoisotopic (exact) mass is 324 g/mol. The Morgan fingerprint density at radius 1 is 1.37 bits per heavy atom. The lowest BCUT2D eigenvalue weighted by Gasteiger charge is -2.13. The van der Waals surface area contributed by atoms with Crippen LogP contribution >= 0.6 is 15.9 Å². The first-order valence-electron chi connectivity index (χ1n) is 6.37. The number of hydrogen-bond donors (Lipinski definition) is 0. The Kier molecular flexibility index (Phi) is 4.64. The molecule has 1 heterocycles. The fourth-order valence-corrected chi connectivity index (χ4v) is 2.53. The number of hydrogen-bond acceptors (Lipinski definition) is 3. The van der Waals surface area contributed by atoms with Gasteiger partial charge >= 0.3 is 5.63 Å². The van der Waals surface area contributed by atoms with Crippen LogP contribution in [-0.2, 0) is 0 Å². The van der Waals surface area contributed by atoms with Crippen molar-refractivity contribution in [2.45, 2.75) is 20.3 Å². The van der Waals surface area contributed by atoms with Gasteiger partial charge in [0, 0.05) is 28.8 Å². The van der Waals surface area contributed by atoms with Crippen molar-refractivity contribution in [1.29, 1.82) is 0 Å². The van der Waals surface area contributed by atoms with Gasteiger partial charge in [0.05, 0.1) is 6.61 Å². The van der Waals surface area contributed by atoms with Gasteiger partial charge in [-0.25, -0.2) is 4.79 Å². The van der Waals surface area contributed by atoms with Crippen molar-refractivity contribution < 1.29 is 9.15 Å². The summed E-state index contributed by atoms with van der Waals surface area (Å²) >= 11 is 3.47. The molecule has 2 rings (SSSR count). The molecular formula is C15H17BrO3. The Bertz CT molecular complexity index is 614. The van der Waals surface area contributed by atoms with E-state index in [0.29, 0.717) is 18.1 Å². The molecule has 0 saturated carbocycles. The molecule has 0 bridgehead atoms. The molecule has 0 radical (unpaired) electrons. The van der Waals surface area contributed by atoms with Gasteiger partial charge in [-0.2, -0.15) is 0 Å². The molecule has 0 N–H and O–H groups in total. The zero-order valence-electron chi connectivity index (χ0n) is 11.1. The Hall–Kier alpha value is -1.29. The Morgan fingerprint density at radius 2 is 2.16 bits per heavy atom. The van der Waals surface area contributed by atoms with E-state index < -0.39 is 0 Å². The van der Waals surface area contributed by atoms with Crippen LogP contribution in [0.2, 0.25) is 0 Å². The minimum atomic E-state index is -0.325. The highest BCUT2D eigenvalue weighted by Gasteiger charge is 2.07. The minimum absolute atomic E-state index is 0.325. The normalized spacial score (nSPS) is 12.6. The molecule has 3 nitrogen and oxygen atoms in total. The van der Waals surface area contributed by atoms with Crippen LogP contribution in [0.4, 0.5) is 0 Å². The Morgan fingerprint density at radius 3 is 2.84 bits per heavy atom. The third-order valence-corrected chi connectivity index (χ3v) is 4.12. The number of rotatable bonds is 5. The first-order valence-corrected chi connectivity index (χ1v) is 7.49. The van der Waals surface area contributed by atoms with Crippen molar-refractivity contribution in [3.63, 3.8) is 0 Å². The van der Waals surface area contributed by atoms with Gasteiger partial charge in [-0.05, 0) is 31.0 Å². The maximum absolute atomic E-state index is 11.4. The van der Waals surface area contributed by atoms with E-state index in [-0.39, 0.29) is 5.63 Å². The molecule has 0 saturated heterocycles. The van der Waals surface area contributed by atoms with Crippen LogP contribution in [0.25, 0.3) is 11.0 Å². The molecule has 0 aliphatic carbocycles. The summed E-state index contributed by atoms with van der Waals surface area (Å²) in [4.78, 5) is 11.4. The summed E-state index contributed by atoms with van der Waals surface area (Å²) in [5.41, 5.74) is 1.17. The lowest BCUT2D eigenvalue weighted by Crippen LogP contribution is -2.12. The van der Waals surface area contributed by atoms with Gasteiger partial charge in [-0.15, -0.1) is 0 Å². The number of aryl methyl sites for hydroxylation is 1. The van der Waals surface area contributed by atoms with Crippen LogP contribution in [0.5, 0.6) is 5.75 Å². The van der Waals surface area contributed by atoms with Crippen molar-refractivity contribution in [3.8, 4) is 5.75 Å². The van der Waals surface area contributed by atoms with Gasteiger partial charge in [-0.3, -0.25) is 0 Å². The lowest BCUT2D eigenvalue weighted by molar-refractivity contribution is 0.260. The SMILES string of the molecule is CCC(CBr)COc1ccc2c(C)cc(=O)oc2c1. The predicted molar refractivity (Wildman–Crippen MR) is 80.3 cm³/mol. The Labute approximate surface area is 120 Å². The van der Waals surface area contributed by atoms with E-state index in [2.05, 4.69) is 22.9 Å². The van der Waals surface area contributed by atoms with Crippen molar-refractivity contribution in [2.75, 3.05) is 11.9 Å². The van der Waals surface area contributed by atoms with E-state index in [4.69, 9.17) is 9.15 Å². The maximum Gasteiger partial charge on any atom is 0.336 e. The first-order chi connectivity index (χ1) is 9.13. The molecule has 2 aromatic rings. The number of alkyl halides is 1. The predicted octanol–water partition coefficient (Wildman–Crippen LogP) is 3.90. The molecule has 0 fully saturated rings. The fraction of sp³-hybridized carbons (Fsp3) is 0.400. The van der Waals surface area contributed by atoms with Crippen LogP contribution in [0.1, 0.15) is 18.9 Å². The number of benzene rings is 1. The van der Waals surface area contributed by atoms with E-state index in [9.17, 15) is 4.79 Å². The maximum atomic E-state index is 11.4. The summed E-state index contributed by atoms with van der Waals surface area (Å²) in [6.45, 7) is 4.69. The average molecular weight is 325 g/mol. The fourth-order valence-electron chi connectivity index (χ4n) is 1.88. The van der Waals surface area contributed by atoms with Crippen LogP contribution in [-0.4, -0.2) is 11.9 Å². The molecule has 102 valence electrons. The van der Waals surface area contributed by atoms with Gasteiger partial charge in [0.25, 0.3) is 0 Å². The molecule has 0 spiro atoms. The molecule has 1 aromatic heterocycles. The van der Waals surface area contributed by atoms with Crippen molar-refractivity contribution in [1.82, 2.24) is 0 Å². The average Bonchev–Trinajstić information content (AvgIpc) is 2.39. The zero-order chi connectivity index (χ0) is 13.8. The molecular weight excluding hydrogens is 308 g/mol. The summed E-state index contributed by atoms with van der Waals surface area (Å²) in [6.07, 6.45) is 1.06. The summed E-state index contributed by atoms with van der Waals surface area (Å²) in [5, 5.41) is 1.87. The van der Waals surface area contributed by atoms with E-state index in [0.717, 1.165) is 28.5 Å². The number of halogens is 1. The summed E-state index contributed by atoms with van der Waals surface area (Å²) in [7, 11) is 0. The third kappa shape index (κ3) is 3.38. The van der Waals surface area contributed by atoms with Crippen molar-refractivity contribution >= 4 is 26.9 Å². The second-order valence-electron chi connectivity index (χ2n) is 4.65. The van der Waals surface area contributed by atoms with E-state index in [1.165, 1.54) is 6.07 Å². The van der Waals surface area contributed by atoms with Gasteiger partial charge < -0.3 is 9.15 Å². The quantitative estimate of drug-likeness (QED) is 0.618. The molecule has 4 heteroatoms. The van der Waals surface area contributed by atoms with Gasteiger partial charge in [-0.1, -0.05) is 22.9 Å². The van der Waals surface area contributed by atoms with Gasteiger partial charge in [0.15, 0.2) is 0 Å². The Balaban J connectivity index is 2.24. The summed E-state index contributed by atoms with van der Waals surface area (Å²) in [5.74, 6) is 1.22. The van der Waals surface area contributed by atoms with E-state index >= 15 is 0 Å². The molecule has 1 atom stereocenters. The first kappa shape index (κ1) is 14.1. The van der Waals surface area contributed by atoms with Crippen molar-refractivity contribution in [2.24, 2.45) is 5.92 Å². The summed E-state index contributed by atoms with van der Waals surface area (Å²) < 4.78 is 10.9. The van der Waals surface area contributed by atoms with Crippen LogP contribution in [0.3, 0.4) is 0 Å². The van der Waals surface area contributed by atoms with Gasteiger partial charge in [0.1, 0.15) is 11.3 Å². The topological polar surface area (TPSA) is 39.4 Å². The minimum Gasteiger partial charge on any atom is -0.493 e. The van der Waals surface area contributed by atoms with Crippen molar-refractivity contribution in [3.05, 3.63) is 40.2 Å². The smallest absolute Gasteiger partial charge is 0.336 e. The molecule has 19 heavy (non-hydrogen) atoms. The molecule has 0 aliphatic heterocycles. The largest absolute Gasteiger partial charge is 0.493 e. The number of ether oxygens (including phenoxy) is 1.